The highest BCUT2D eigenvalue weighted by molar-refractivity contribution is 6.12. The number of hydrogen-bond acceptors (Lipinski definition) is 4. The number of fused-ring (bicyclic) bond motifs is 6. The second kappa shape index (κ2) is 14.1. The average Bonchev–Trinajstić information content (AvgIpc) is 3.91. The van der Waals surface area contributed by atoms with Crippen molar-refractivity contribution < 1.29 is 10.2 Å². The molecule has 0 aliphatic heterocycles. The van der Waals surface area contributed by atoms with Crippen LogP contribution in [0.4, 0.5) is 0 Å². The largest absolute Gasteiger partial charge is 0.457 e. The molecule has 59 heavy (non-hydrogen) atoms. The number of pyridine rings is 1. The number of aryl methyl sites for hydroxylation is 3. The molecule has 0 unspecified atom stereocenters. The zero-order valence-electron chi connectivity index (χ0n) is 37.9. The molecule has 0 aliphatic carbocycles. The minimum Gasteiger partial charge on any atom is -0.457 e. The van der Waals surface area contributed by atoms with E-state index >= 15 is 0 Å². The molecule has 0 bridgehead atoms. The summed E-state index contributed by atoms with van der Waals surface area (Å²) in [6.07, 6.45) is -1.59. The van der Waals surface area contributed by atoms with Crippen molar-refractivity contribution in [2.45, 2.75) is 59.7 Å². The topological polar surface area (TPSA) is 62.7 Å². The van der Waals surface area contributed by atoms with E-state index in [1.807, 2.05) is 102 Å². The lowest BCUT2D eigenvalue weighted by atomic mass is 9.78. The van der Waals surface area contributed by atoms with Crippen molar-refractivity contribution in [1.82, 2.24) is 29.1 Å². The summed E-state index contributed by atoms with van der Waals surface area (Å²) in [4.78, 5) is 4.98. The van der Waals surface area contributed by atoms with Crippen molar-refractivity contribution in [1.29, 1.82) is 0 Å². The molecule has 0 radical (unpaired) electrons. The van der Waals surface area contributed by atoms with Gasteiger partial charge in [0.2, 0.25) is 0 Å². The van der Waals surface area contributed by atoms with Gasteiger partial charge >= 0.3 is 0 Å². The first-order valence-electron chi connectivity index (χ1n) is 21.9. The van der Waals surface area contributed by atoms with Gasteiger partial charge in [-0.15, -0.1) is 5.10 Å². The van der Waals surface area contributed by atoms with Gasteiger partial charge in [0.15, 0.2) is 0 Å². The number of rotatable bonds is 9. The zero-order valence-corrected chi connectivity index (χ0v) is 33.9. The fourth-order valence-corrected chi connectivity index (χ4v) is 8.64. The Bertz CT molecular complexity index is 3340. The van der Waals surface area contributed by atoms with Crippen LogP contribution in [0, 0.1) is 13.8 Å². The van der Waals surface area contributed by atoms with Crippen molar-refractivity contribution in [3.63, 3.8) is 0 Å². The summed E-state index contributed by atoms with van der Waals surface area (Å²) in [7, 11) is 0. The van der Waals surface area contributed by atoms with Gasteiger partial charge in [0.1, 0.15) is 17.3 Å². The van der Waals surface area contributed by atoms with Crippen LogP contribution >= 0.6 is 0 Å². The summed E-state index contributed by atoms with van der Waals surface area (Å²) in [5.41, 5.74) is 9.55. The number of benzene rings is 6. The van der Waals surface area contributed by atoms with Crippen molar-refractivity contribution in [2.75, 3.05) is 0 Å². The maximum absolute atomic E-state index is 8.89. The van der Waals surface area contributed by atoms with Gasteiger partial charge < -0.3 is 9.30 Å². The van der Waals surface area contributed by atoms with E-state index in [1.54, 1.807) is 20.0 Å². The van der Waals surface area contributed by atoms with E-state index < -0.39 is 12.7 Å². The highest BCUT2D eigenvalue weighted by Crippen LogP contribution is 2.40. The van der Waals surface area contributed by atoms with Crippen LogP contribution in [-0.4, -0.2) is 29.1 Å². The fourth-order valence-electron chi connectivity index (χ4n) is 8.64. The summed E-state index contributed by atoms with van der Waals surface area (Å²) in [6.45, 7) is 11.5. The Balaban J connectivity index is 1.16. The molecular weight excluding hydrogens is 725 g/mol. The average molecular weight is 775 g/mol. The van der Waals surface area contributed by atoms with E-state index in [0.29, 0.717) is 39.5 Å². The predicted molar refractivity (Wildman–Crippen MR) is 241 cm³/mol. The van der Waals surface area contributed by atoms with E-state index in [0.717, 1.165) is 60.9 Å². The number of hydrogen-bond donors (Lipinski definition) is 0. The summed E-state index contributed by atoms with van der Waals surface area (Å²) >= 11 is 0. The first-order chi connectivity index (χ1) is 30.1. The van der Waals surface area contributed by atoms with Crippen LogP contribution in [0.3, 0.4) is 0 Å². The molecule has 290 valence electrons. The Labute approximate surface area is 349 Å². The smallest absolute Gasteiger partial charge is 0.139 e. The highest BCUT2D eigenvalue weighted by atomic mass is 16.5. The second-order valence-electron chi connectivity index (χ2n) is 15.6. The van der Waals surface area contributed by atoms with E-state index in [1.165, 1.54) is 5.56 Å². The fraction of sp³-hybridized carbons (Fsp3) is 0.173. The van der Waals surface area contributed by atoms with Crippen LogP contribution in [0.1, 0.15) is 66.8 Å². The van der Waals surface area contributed by atoms with Gasteiger partial charge in [0.05, 0.1) is 44.8 Å². The van der Waals surface area contributed by atoms with Gasteiger partial charge in [-0.3, -0.25) is 4.57 Å². The minimum atomic E-state index is -1.68. The molecule has 0 atom stereocenters. The SMILES string of the molecule is [2H]C([2H])(C)c1cccc2c3cccc(C([2H])([2H])C)c3n(-c3ccnc(-n4c5ccccc5c5ccc(Oc6cc(-n7nnc(C)c7C)cc(C(C)(C)c7ccccc7)c6)cc54)c3)c12. The maximum atomic E-state index is 8.89. The molecule has 7 nitrogen and oxygen atoms in total. The lowest BCUT2D eigenvalue weighted by Gasteiger charge is -2.27. The lowest BCUT2D eigenvalue weighted by Crippen LogP contribution is -2.19. The van der Waals surface area contributed by atoms with Crippen LogP contribution in [0.2, 0.25) is 0 Å². The monoisotopic (exact) mass is 774 g/mol. The van der Waals surface area contributed by atoms with E-state index in [2.05, 4.69) is 89.4 Å². The van der Waals surface area contributed by atoms with Gasteiger partial charge in [0.25, 0.3) is 0 Å². The molecule has 0 amide bonds. The third-order valence-corrected chi connectivity index (χ3v) is 11.9. The maximum Gasteiger partial charge on any atom is 0.139 e. The molecule has 0 saturated carbocycles. The summed E-state index contributed by atoms with van der Waals surface area (Å²) in [5, 5.41) is 12.6. The molecule has 0 aliphatic rings. The Kier molecular flexibility index (Phi) is 7.67. The molecule has 10 aromatic rings. The quantitative estimate of drug-likeness (QED) is 0.146. The summed E-state index contributed by atoms with van der Waals surface area (Å²) in [5.74, 6) is 1.94. The van der Waals surface area contributed by atoms with E-state index in [-0.39, 0.29) is 5.41 Å². The predicted octanol–water partition coefficient (Wildman–Crippen LogP) is 12.7. The number of aromatic nitrogens is 6. The van der Waals surface area contributed by atoms with E-state index in [4.69, 9.17) is 15.2 Å². The first kappa shape index (κ1) is 32.0. The number of ether oxygens (including phenoxy) is 1. The zero-order chi connectivity index (χ0) is 44.0. The van der Waals surface area contributed by atoms with Gasteiger partial charge in [-0.05, 0) is 85.2 Å². The van der Waals surface area contributed by atoms with Crippen molar-refractivity contribution in [3.8, 4) is 28.7 Å². The van der Waals surface area contributed by atoms with Crippen LogP contribution in [0.5, 0.6) is 11.5 Å². The molecule has 10 rings (SSSR count). The van der Waals surface area contributed by atoms with Crippen LogP contribution < -0.4 is 4.74 Å². The Morgan fingerprint density at radius 1 is 0.593 bits per heavy atom. The van der Waals surface area contributed by atoms with Crippen LogP contribution in [0.25, 0.3) is 60.8 Å². The highest BCUT2D eigenvalue weighted by Gasteiger charge is 2.26. The van der Waals surface area contributed by atoms with Gasteiger partial charge in [-0.2, -0.15) is 0 Å². The molecule has 7 heteroatoms. The molecule has 0 fully saturated rings. The first-order valence-corrected chi connectivity index (χ1v) is 19.9. The van der Waals surface area contributed by atoms with E-state index in [9.17, 15) is 0 Å². The number of nitrogens with zero attached hydrogens (tertiary/aromatic N) is 6. The van der Waals surface area contributed by atoms with Gasteiger partial charge in [-0.1, -0.05) is 118 Å². The molecule has 6 aromatic carbocycles. The van der Waals surface area contributed by atoms with Crippen molar-refractivity contribution in [3.05, 3.63) is 179 Å². The van der Waals surface area contributed by atoms with Gasteiger partial charge in [0, 0.05) is 56.8 Å². The van der Waals surface area contributed by atoms with Crippen molar-refractivity contribution >= 4 is 43.6 Å². The normalized spacial score (nSPS) is 13.5. The van der Waals surface area contributed by atoms with Crippen LogP contribution in [0.15, 0.2) is 146 Å². The standard InChI is InChI=1S/C52H46N6O/c1-7-35-16-14-21-45-46-22-15-17-36(8-2)51(46)56(50(35)45)39-26-27-53-49(31-39)57-47-23-13-12-20-43(47)44-25-24-41(32-48(44)57)59-42-29-38(52(5,6)37-18-10-9-11-19-37)28-40(30-42)58-34(4)33(3)54-55-58/h9-32H,7-8H2,1-6H3/i7D2,8D2. The molecule has 0 saturated heterocycles. The van der Waals surface area contributed by atoms with Crippen molar-refractivity contribution in [2.24, 2.45) is 0 Å². The minimum absolute atomic E-state index is 0.357. The Morgan fingerprint density at radius 3 is 1.97 bits per heavy atom. The Hall–Kier alpha value is -6.99. The lowest BCUT2D eigenvalue weighted by molar-refractivity contribution is 0.479. The molecule has 4 aromatic heterocycles. The molecule has 0 spiro atoms. The van der Waals surface area contributed by atoms with Gasteiger partial charge in [-0.25, -0.2) is 9.67 Å². The summed E-state index contributed by atoms with van der Waals surface area (Å²) < 4.78 is 48.4. The molecular formula is C52H46N6O. The Morgan fingerprint density at radius 2 is 1.27 bits per heavy atom. The second-order valence-corrected chi connectivity index (χ2v) is 15.6. The third kappa shape index (κ3) is 5.91. The third-order valence-electron chi connectivity index (χ3n) is 11.9. The number of para-hydroxylation sites is 3. The molecule has 4 heterocycles. The van der Waals surface area contributed by atoms with Crippen LogP contribution in [-0.2, 0) is 18.2 Å². The summed E-state index contributed by atoms with van der Waals surface area (Å²) in [6, 6.07) is 46.4. The molecule has 0 N–H and O–H groups in total.